The second kappa shape index (κ2) is 6.81. The van der Waals surface area contributed by atoms with Crippen molar-refractivity contribution in [2.24, 2.45) is 0 Å². The van der Waals surface area contributed by atoms with Gasteiger partial charge in [0.15, 0.2) is 0 Å². The summed E-state index contributed by atoms with van der Waals surface area (Å²) in [5.74, 6) is 0.658. The van der Waals surface area contributed by atoms with Crippen LogP contribution in [0.4, 0.5) is 0 Å². The maximum absolute atomic E-state index is 12.6. The highest BCUT2D eigenvalue weighted by atomic mass is 32.2. The molecule has 1 aromatic heterocycles. The topological polar surface area (TPSA) is 84.7 Å². The highest BCUT2D eigenvalue weighted by Gasteiger charge is 2.35. The summed E-state index contributed by atoms with van der Waals surface area (Å²) in [7, 11) is -3.29. The van der Waals surface area contributed by atoms with Gasteiger partial charge in [-0.05, 0) is 13.3 Å². The molecular formula is C15H24N4O4S. The number of carbonyl (C=O) groups excluding carboxylic acids is 1. The van der Waals surface area contributed by atoms with E-state index in [0.29, 0.717) is 57.3 Å². The van der Waals surface area contributed by atoms with Gasteiger partial charge in [-0.2, -0.15) is 4.31 Å². The number of hydrogen-bond donors (Lipinski definition) is 0. The first kappa shape index (κ1) is 17.4. The Morgan fingerprint density at radius 1 is 1.29 bits per heavy atom. The lowest BCUT2D eigenvalue weighted by Gasteiger charge is -2.32. The zero-order valence-electron chi connectivity index (χ0n) is 14.1. The third-order valence-corrected chi connectivity index (χ3v) is 6.65. The second-order valence-electron chi connectivity index (χ2n) is 6.19. The molecule has 0 bridgehead atoms. The van der Waals surface area contributed by atoms with Crippen molar-refractivity contribution in [3.8, 4) is 0 Å². The molecule has 8 nitrogen and oxygen atoms in total. The smallest absolute Gasteiger partial charge is 0.274 e. The van der Waals surface area contributed by atoms with Gasteiger partial charge in [0.25, 0.3) is 5.91 Å². The number of imidazole rings is 1. The van der Waals surface area contributed by atoms with E-state index >= 15 is 0 Å². The molecule has 0 aromatic carbocycles. The molecule has 0 aliphatic carbocycles. The molecule has 1 aromatic rings. The number of sulfonamides is 1. The largest absolute Gasteiger partial charge is 0.378 e. The van der Waals surface area contributed by atoms with E-state index in [1.54, 1.807) is 11.1 Å². The average Bonchev–Trinajstić information content (AvgIpc) is 3.00. The number of morpholine rings is 1. The fourth-order valence-electron chi connectivity index (χ4n) is 3.26. The molecule has 2 aliphatic rings. The molecule has 0 spiro atoms. The Hall–Kier alpha value is -1.45. The van der Waals surface area contributed by atoms with Gasteiger partial charge in [-0.3, -0.25) is 4.79 Å². The summed E-state index contributed by atoms with van der Waals surface area (Å²) in [5.41, 5.74) is 0.383. The van der Waals surface area contributed by atoms with Crippen molar-refractivity contribution in [3.05, 3.63) is 17.7 Å². The first-order chi connectivity index (χ1) is 11.4. The van der Waals surface area contributed by atoms with Crippen molar-refractivity contribution in [1.29, 1.82) is 0 Å². The van der Waals surface area contributed by atoms with Crippen LogP contribution in [-0.4, -0.2) is 71.7 Å². The van der Waals surface area contributed by atoms with Gasteiger partial charge in [-0.1, -0.05) is 6.92 Å². The van der Waals surface area contributed by atoms with Gasteiger partial charge < -0.3 is 14.2 Å². The molecule has 1 saturated heterocycles. The molecule has 24 heavy (non-hydrogen) atoms. The van der Waals surface area contributed by atoms with Crippen LogP contribution in [0.15, 0.2) is 6.20 Å². The second-order valence-corrected chi connectivity index (χ2v) is 8.23. The third-order valence-electron chi connectivity index (χ3n) is 4.51. The summed E-state index contributed by atoms with van der Waals surface area (Å²) < 4.78 is 33.5. The summed E-state index contributed by atoms with van der Waals surface area (Å²) >= 11 is 0. The molecule has 0 radical (unpaired) electrons. The zero-order chi connectivity index (χ0) is 17.3. The van der Waals surface area contributed by atoms with Gasteiger partial charge >= 0.3 is 0 Å². The quantitative estimate of drug-likeness (QED) is 0.783. The van der Waals surface area contributed by atoms with Crippen LogP contribution in [0.25, 0.3) is 0 Å². The Balaban J connectivity index is 1.82. The Bertz CT molecular complexity index is 709. The number of nitrogens with zero attached hydrogens (tertiary/aromatic N) is 4. The van der Waals surface area contributed by atoms with Gasteiger partial charge in [0.05, 0.1) is 25.0 Å². The Kier molecular flexibility index (Phi) is 4.93. The SMILES string of the molecule is CCCS(=O)(=O)N1CCn2cc(C(=O)N3CCOCC3)nc2C1C. The number of carbonyl (C=O) groups is 1. The number of ether oxygens (including phenoxy) is 1. The van der Waals surface area contributed by atoms with E-state index in [1.165, 1.54) is 4.31 Å². The van der Waals surface area contributed by atoms with Crippen LogP contribution in [0, 0.1) is 0 Å². The molecular weight excluding hydrogens is 332 g/mol. The summed E-state index contributed by atoms with van der Waals surface area (Å²) in [5, 5.41) is 0. The van der Waals surface area contributed by atoms with E-state index in [-0.39, 0.29) is 17.7 Å². The summed E-state index contributed by atoms with van der Waals surface area (Å²) in [6.07, 6.45) is 2.33. The maximum Gasteiger partial charge on any atom is 0.274 e. The van der Waals surface area contributed by atoms with Crippen molar-refractivity contribution in [3.63, 3.8) is 0 Å². The van der Waals surface area contributed by atoms with Crippen LogP contribution in [0.5, 0.6) is 0 Å². The Labute approximate surface area is 142 Å². The molecule has 1 atom stereocenters. The molecule has 3 rings (SSSR count). The standard InChI is InChI=1S/C15H24N4O4S/c1-3-10-24(21,22)19-5-4-18-11-13(16-14(18)12(19)2)15(20)17-6-8-23-9-7-17/h11-12H,3-10H2,1-2H3. The molecule has 0 saturated carbocycles. The van der Waals surface area contributed by atoms with Crippen molar-refractivity contribution < 1.29 is 17.9 Å². The minimum atomic E-state index is -3.29. The first-order valence-corrected chi connectivity index (χ1v) is 9.98. The fraction of sp³-hybridized carbons (Fsp3) is 0.733. The summed E-state index contributed by atoms with van der Waals surface area (Å²) in [4.78, 5) is 18.8. The van der Waals surface area contributed by atoms with Gasteiger partial charge in [0, 0.05) is 32.4 Å². The van der Waals surface area contributed by atoms with Crippen LogP contribution in [-0.2, 0) is 21.3 Å². The average molecular weight is 356 g/mol. The van der Waals surface area contributed by atoms with Crippen molar-refractivity contribution in [2.45, 2.75) is 32.9 Å². The van der Waals surface area contributed by atoms with Crippen LogP contribution in [0.3, 0.4) is 0 Å². The lowest BCUT2D eigenvalue weighted by molar-refractivity contribution is 0.0299. The molecule has 0 N–H and O–H groups in total. The van der Waals surface area contributed by atoms with Crippen molar-refractivity contribution >= 4 is 15.9 Å². The van der Waals surface area contributed by atoms with Crippen LogP contribution < -0.4 is 0 Å². The monoisotopic (exact) mass is 356 g/mol. The number of amides is 1. The van der Waals surface area contributed by atoms with Gasteiger partial charge in [0.2, 0.25) is 10.0 Å². The van der Waals surface area contributed by atoms with Gasteiger partial charge in [-0.25, -0.2) is 13.4 Å². The number of hydrogen-bond acceptors (Lipinski definition) is 5. The summed E-state index contributed by atoms with van der Waals surface area (Å²) in [6, 6.07) is -0.360. The number of aromatic nitrogens is 2. The number of fused-ring (bicyclic) bond motifs is 1. The maximum atomic E-state index is 12.6. The van der Waals surface area contributed by atoms with E-state index in [1.807, 2.05) is 18.4 Å². The Morgan fingerprint density at radius 3 is 2.67 bits per heavy atom. The van der Waals surface area contributed by atoms with Crippen LogP contribution >= 0.6 is 0 Å². The highest BCUT2D eigenvalue weighted by Crippen LogP contribution is 2.28. The van der Waals surface area contributed by atoms with E-state index in [2.05, 4.69) is 4.98 Å². The minimum absolute atomic E-state index is 0.115. The minimum Gasteiger partial charge on any atom is -0.378 e. The van der Waals surface area contributed by atoms with Crippen molar-refractivity contribution in [2.75, 3.05) is 38.6 Å². The fourth-order valence-corrected chi connectivity index (χ4v) is 4.94. The van der Waals surface area contributed by atoms with Crippen molar-refractivity contribution in [1.82, 2.24) is 18.8 Å². The Morgan fingerprint density at radius 2 is 2.00 bits per heavy atom. The van der Waals surface area contributed by atoms with E-state index in [9.17, 15) is 13.2 Å². The number of rotatable bonds is 4. The lowest BCUT2D eigenvalue weighted by Crippen LogP contribution is -2.42. The van der Waals surface area contributed by atoms with Gasteiger partial charge in [0.1, 0.15) is 11.5 Å². The molecule has 1 fully saturated rings. The predicted molar refractivity (Wildman–Crippen MR) is 88.1 cm³/mol. The molecule has 134 valence electrons. The van der Waals surface area contributed by atoms with Gasteiger partial charge in [-0.15, -0.1) is 0 Å². The van der Waals surface area contributed by atoms with E-state index in [4.69, 9.17) is 4.74 Å². The molecule has 1 unspecified atom stereocenters. The molecule has 3 heterocycles. The zero-order valence-corrected chi connectivity index (χ0v) is 15.0. The first-order valence-electron chi connectivity index (χ1n) is 8.37. The van der Waals surface area contributed by atoms with Crippen LogP contribution in [0.2, 0.25) is 0 Å². The molecule has 9 heteroatoms. The third kappa shape index (κ3) is 3.20. The molecule has 1 amide bonds. The van der Waals surface area contributed by atoms with E-state index < -0.39 is 10.0 Å². The molecule has 2 aliphatic heterocycles. The van der Waals surface area contributed by atoms with Crippen LogP contribution in [0.1, 0.15) is 42.6 Å². The highest BCUT2D eigenvalue weighted by molar-refractivity contribution is 7.89. The normalized spacial score (nSPS) is 22.4. The predicted octanol–water partition coefficient (Wildman–Crippen LogP) is 0.472. The lowest BCUT2D eigenvalue weighted by atomic mass is 10.2. The van der Waals surface area contributed by atoms with E-state index in [0.717, 1.165) is 0 Å². The summed E-state index contributed by atoms with van der Waals surface area (Å²) in [6.45, 7) is 6.82.